The summed E-state index contributed by atoms with van der Waals surface area (Å²) in [5, 5.41) is 22.4. The van der Waals surface area contributed by atoms with Crippen molar-refractivity contribution >= 4 is 17.3 Å². The van der Waals surface area contributed by atoms with Crippen LogP contribution in [0.15, 0.2) is 53.2 Å². The minimum Gasteiger partial charge on any atom is -0.489 e. The minimum absolute atomic E-state index is 0.0854. The number of nitriles is 1. The summed E-state index contributed by atoms with van der Waals surface area (Å²) in [5.74, 6) is 0.572. The van der Waals surface area contributed by atoms with Crippen LogP contribution in [0.5, 0.6) is 17.2 Å². The van der Waals surface area contributed by atoms with E-state index in [2.05, 4.69) is 6.07 Å². The molecule has 0 saturated carbocycles. The van der Waals surface area contributed by atoms with Crippen LogP contribution in [0.25, 0.3) is 0 Å². The number of hydrogen-bond acceptors (Lipinski definition) is 5. The van der Waals surface area contributed by atoms with E-state index in [0.29, 0.717) is 35.0 Å². The van der Waals surface area contributed by atoms with Gasteiger partial charge in [0.15, 0.2) is 0 Å². The van der Waals surface area contributed by atoms with Gasteiger partial charge in [0, 0.05) is 6.07 Å². The van der Waals surface area contributed by atoms with Crippen LogP contribution in [-0.4, -0.2) is 11.1 Å². The first kappa shape index (κ1) is 18.5. The molecule has 2 aromatic carbocycles. The van der Waals surface area contributed by atoms with Crippen LogP contribution in [-0.2, 0) is 17.8 Å². The predicted molar refractivity (Wildman–Crippen MR) is 102 cm³/mol. The topological polar surface area (TPSA) is 79.6 Å². The van der Waals surface area contributed by atoms with Crippen molar-refractivity contribution in [3.05, 3.63) is 75.5 Å². The Labute approximate surface area is 161 Å². The average Bonchev–Trinajstić information content (AvgIpc) is 3.17. The number of ether oxygens (including phenoxy) is 2. The Balaban J connectivity index is 1.84. The highest BCUT2D eigenvalue weighted by Gasteiger charge is 2.12. The first-order valence-corrected chi connectivity index (χ1v) is 9.17. The lowest BCUT2D eigenvalue weighted by Crippen LogP contribution is -2.03. The van der Waals surface area contributed by atoms with Gasteiger partial charge in [-0.05, 0) is 58.6 Å². The van der Waals surface area contributed by atoms with E-state index in [4.69, 9.17) is 14.6 Å². The molecular formula is C21H17NO4S. The molecule has 0 bridgehead atoms. The van der Waals surface area contributed by atoms with Gasteiger partial charge in [-0.25, -0.2) is 0 Å². The predicted octanol–water partition coefficient (Wildman–Crippen LogP) is 4.93. The SMILES string of the molecule is Cc1c(CC(=O)O)cccc1Oc1cc(OCc2ccsc2)ccc1C#N. The summed E-state index contributed by atoms with van der Waals surface area (Å²) < 4.78 is 11.7. The van der Waals surface area contributed by atoms with Gasteiger partial charge < -0.3 is 14.6 Å². The summed E-state index contributed by atoms with van der Waals surface area (Å²) in [6, 6.07) is 14.4. The quantitative estimate of drug-likeness (QED) is 0.630. The molecule has 27 heavy (non-hydrogen) atoms. The van der Waals surface area contributed by atoms with E-state index in [1.807, 2.05) is 16.8 Å². The zero-order valence-electron chi connectivity index (χ0n) is 14.6. The summed E-state index contributed by atoms with van der Waals surface area (Å²) in [6.45, 7) is 2.23. The number of thiophene rings is 1. The molecule has 5 nitrogen and oxygen atoms in total. The Morgan fingerprint density at radius 1 is 1.22 bits per heavy atom. The second kappa shape index (κ2) is 8.39. The highest BCUT2D eigenvalue weighted by Crippen LogP contribution is 2.32. The van der Waals surface area contributed by atoms with Crippen LogP contribution in [0.1, 0.15) is 22.3 Å². The Morgan fingerprint density at radius 2 is 2.07 bits per heavy atom. The molecule has 3 rings (SSSR count). The van der Waals surface area contributed by atoms with Crippen molar-refractivity contribution in [3.8, 4) is 23.3 Å². The lowest BCUT2D eigenvalue weighted by molar-refractivity contribution is -0.136. The monoisotopic (exact) mass is 379 g/mol. The molecule has 3 aromatic rings. The maximum atomic E-state index is 11.0. The molecule has 1 heterocycles. The summed E-state index contributed by atoms with van der Waals surface area (Å²) in [6.07, 6.45) is -0.0854. The van der Waals surface area contributed by atoms with Crippen molar-refractivity contribution in [2.45, 2.75) is 20.0 Å². The van der Waals surface area contributed by atoms with E-state index >= 15 is 0 Å². The fourth-order valence-electron chi connectivity index (χ4n) is 2.55. The maximum absolute atomic E-state index is 11.0. The van der Waals surface area contributed by atoms with Crippen molar-refractivity contribution in [1.82, 2.24) is 0 Å². The minimum atomic E-state index is -0.906. The normalized spacial score (nSPS) is 10.2. The van der Waals surface area contributed by atoms with Crippen LogP contribution < -0.4 is 9.47 Å². The van der Waals surface area contributed by atoms with Crippen LogP contribution >= 0.6 is 11.3 Å². The smallest absolute Gasteiger partial charge is 0.307 e. The molecule has 1 aromatic heterocycles. The standard InChI is InChI=1S/C21H17NO4S/c1-14-16(9-21(23)24)3-2-4-19(14)26-20-10-18(6-5-17(20)11-22)25-12-15-7-8-27-13-15/h2-8,10,13H,9,12H2,1H3,(H,23,24). The molecule has 0 saturated heterocycles. The molecule has 0 aliphatic carbocycles. The number of benzene rings is 2. The Kier molecular flexibility index (Phi) is 5.74. The van der Waals surface area contributed by atoms with E-state index in [1.54, 1.807) is 54.7 Å². The summed E-state index contributed by atoms with van der Waals surface area (Å²) in [5.41, 5.74) is 2.85. The second-order valence-corrected chi connectivity index (χ2v) is 6.68. The van der Waals surface area contributed by atoms with Crippen molar-refractivity contribution in [2.75, 3.05) is 0 Å². The molecule has 0 unspecified atom stereocenters. The third-order valence-corrected chi connectivity index (χ3v) is 4.75. The third kappa shape index (κ3) is 4.66. The fourth-order valence-corrected chi connectivity index (χ4v) is 3.21. The van der Waals surface area contributed by atoms with E-state index in [-0.39, 0.29) is 6.42 Å². The van der Waals surface area contributed by atoms with E-state index in [0.717, 1.165) is 11.1 Å². The van der Waals surface area contributed by atoms with Gasteiger partial charge >= 0.3 is 5.97 Å². The Hall–Kier alpha value is -3.30. The van der Waals surface area contributed by atoms with Gasteiger partial charge in [0.1, 0.15) is 29.9 Å². The number of carboxylic acid groups (broad SMARTS) is 1. The Morgan fingerprint density at radius 3 is 2.78 bits per heavy atom. The molecule has 0 amide bonds. The van der Waals surface area contributed by atoms with Gasteiger partial charge in [0.2, 0.25) is 0 Å². The van der Waals surface area contributed by atoms with Crippen LogP contribution in [0.4, 0.5) is 0 Å². The summed E-state index contributed by atoms with van der Waals surface area (Å²) in [4.78, 5) is 11.0. The van der Waals surface area contributed by atoms with Crippen LogP contribution in [0, 0.1) is 18.3 Å². The highest BCUT2D eigenvalue weighted by atomic mass is 32.1. The summed E-state index contributed by atoms with van der Waals surface area (Å²) >= 11 is 1.60. The fraction of sp³-hybridized carbons (Fsp3) is 0.143. The Bertz CT molecular complexity index is 990. The largest absolute Gasteiger partial charge is 0.489 e. The molecule has 0 aliphatic heterocycles. The first-order valence-electron chi connectivity index (χ1n) is 8.23. The molecule has 136 valence electrons. The van der Waals surface area contributed by atoms with Crippen molar-refractivity contribution in [1.29, 1.82) is 5.26 Å². The van der Waals surface area contributed by atoms with Gasteiger partial charge in [-0.1, -0.05) is 12.1 Å². The maximum Gasteiger partial charge on any atom is 0.307 e. The summed E-state index contributed by atoms with van der Waals surface area (Å²) in [7, 11) is 0. The number of aliphatic carboxylic acids is 1. The number of nitrogens with zero attached hydrogens (tertiary/aromatic N) is 1. The molecule has 0 fully saturated rings. The third-order valence-electron chi connectivity index (χ3n) is 4.02. The van der Waals surface area contributed by atoms with Gasteiger partial charge in [-0.2, -0.15) is 16.6 Å². The van der Waals surface area contributed by atoms with Gasteiger partial charge in [0.25, 0.3) is 0 Å². The highest BCUT2D eigenvalue weighted by molar-refractivity contribution is 7.07. The zero-order valence-corrected chi connectivity index (χ0v) is 15.5. The van der Waals surface area contributed by atoms with Gasteiger partial charge in [-0.15, -0.1) is 0 Å². The molecule has 6 heteroatoms. The molecule has 0 atom stereocenters. The van der Waals surface area contributed by atoms with Crippen LogP contribution in [0.2, 0.25) is 0 Å². The average molecular weight is 379 g/mol. The molecule has 0 aliphatic rings. The van der Waals surface area contributed by atoms with Crippen molar-refractivity contribution in [3.63, 3.8) is 0 Å². The zero-order chi connectivity index (χ0) is 19.2. The van der Waals surface area contributed by atoms with Gasteiger partial charge in [0.05, 0.1) is 12.0 Å². The number of carbonyl (C=O) groups is 1. The molecule has 0 spiro atoms. The van der Waals surface area contributed by atoms with Crippen molar-refractivity contribution < 1.29 is 19.4 Å². The molecule has 0 radical (unpaired) electrons. The second-order valence-electron chi connectivity index (χ2n) is 5.90. The molecular weight excluding hydrogens is 362 g/mol. The van der Waals surface area contributed by atoms with Gasteiger partial charge in [-0.3, -0.25) is 4.79 Å². The van der Waals surface area contributed by atoms with E-state index in [1.165, 1.54) is 0 Å². The van der Waals surface area contributed by atoms with Crippen molar-refractivity contribution in [2.24, 2.45) is 0 Å². The van der Waals surface area contributed by atoms with E-state index < -0.39 is 5.97 Å². The number of hydrogen-bond donors (Lipinski definition) is 1. The first-order chi connectivity index (χ1) is 13.1. The lowest BCUT2D eigenvalue weighted by atomic mass is 10.0. The number of carboxylic acids is 1. The van der Waals surface area contributed by atoms with E-state index in [9.17, 15) is 10.1 Å². The van der Waals surface area contributed by atoms with Crippen LogP contribution in [0.3, 0.4) is 0 Å². The lowest BCUT2D eigenvalue weighted by Gasteiger charge is -2.14. The molecule has 1 N–H and O–H groups in total. The number of rotatable bonds is 7.